The number of benzene rings is 1. The molecular formula is C25H40O5. The number of ketones is 2. The van der Waals surface area contributed by atoms with Crippen molar-refractivity contribution in [1.82, 2.24) is 0 Å². The van der Waals surface area contributed by atoms with Crippen LogP contribution in [0.2, 0.25) is 0 Å². The van der Waals surface area contributed by atoms with Crippen LogP contribution in [0.3, 0.4) is 0 Å². The van der Waals surface area contributed by atoms with Crippen molar-refractivity contribution in [3.63, 3.8) is 0 Å². The second-order valence-electron chi connectivity index (χ2n) is 11.0. The molecule has 0 saturated heterocycles. The highest BCUT2D eigenvalue weighted by Crippen LogP contribution is 2.36. The number of carbonyl (C=O) groups is 2. The van der Waals surface area contributed by atoms with Crippen molar-refractivity contribution in [2.24, 2.45) is 5.41 Å². The van der Waals surface area contributed by atoms with Crippen LogP contribution in [0.1, 0.15) is 90.3 Å². The van der Waals surface area contributed by atoms with Gasteiger partial charge in [0.15, 0.2) is 0 Å². The summed E-state index contributed by atoms with van der Waals surface area (Å²) in [5.41, 5.74) is 3.11. The van der Waals surface area contributed by atoms with E-state index in [1.807, 2.05) is 0 Å². The van der Waals surface area contributed by atoms with Crippen molar-refractivity contribution in [2.75, 3.05) is 19.8 Å². The molecule has 1 aromatic carbocycles. The second-order valence-corrected chi connectivity index (χ2v) is 11.0. The zero-order chi connectivity index (χ0) is 23.3. The van der Waals surface area contributed by atoms with Crippen LogP contribution < -0.4 is 0 Å². The highest BCUT2D eigenvalue weighted by Gasteiger charge is 2.29. The van der Waals surface area contributed by atoms with Gasteiger partial charge in [0.2, 0.25) is 0 Å². The summed E-state index contributed by atoms with van der Waals surface area (Å²) < 4.78 is 0. The van der Waals surface area contributed by atoms with Crippen LogP contribution in [0.4, 0.5) is 0 Å². The fourth-order valence-electron chi connectivity index (χ4n) is 3.13. The summed E-state index contributed by atoms with van der Waals surface area (Å²) in [5, 5.41) is 25.4. The van der Waals surface area contributed by atoms with Gasteiger partial charge >= 0.3 is 0 Å². The molecular weight excluding hydrogens is 380 g/mol. The second kappa shape index (κ2) is 10.2. The summed E-state index contributed by atoms with van der Waals surface area (Å²) in [5.74, 6) is 0.219. The van der Waals surface area contributed by atoms with Gasteiger partial charge in [0.25, 0.3) is 0 Å². The lowest BCUT2D eigenvalue weighted by Crippen LogP contribution is -2.29. The molecule has 0 spiro atoms. The van der Waals surface area contributed by atoms with Crippen LogP contribution in [0.25, 0.3) is 0 Å². The molecule has 1 aliphatic rings. The van der Waals surface area contributed by atoms with Crippen molar-refractivity contribution >= 4 is 11.6 Å². The van der Waals surface area contributed by atoms with E-state index in [1.165, 1.54) is 11.1 Å². The van der Waals surface area contributed by atoms with E-state index >= 15 is 0 Å². The predicted molar refractivity (Wildman–Crippen MR) is 120 cm³/mol. The maximum atomic E-state index is 11.8. The Balaban J connectivity index is 0.000000479. The molecule has 0 unspecified atom stereocenters. The molecule has 0 aromatic heterocycles. The van der Waals surface area contributed by atoms with Crippen LogP contribution in [0.15, 0.2) is 18.2 Å². The van der Waals surface area contributed by atoms with Gasteiger partial charge in [-0.25, -0.2) is 0 Å². The van der Waals surface area contributed by atoms with Crippen molar-refractivity contribution < 1.29 is 24.9 Å². The van der Waals surface area contributed by atoms with Gasteiger partial charge in [0.05, 0.1) is 26.2 Å². The van der Waals surface area contributed by atoms with Gasteiger partial charge in [-0.15, -0.1) is 0 Å². The van der Waals surface area contributed by atoms with Crippen LogP contribution >= 0.6 is 0 Å². The Hall–Kier alpha value is -1.56. The lowest BCUT2D eigenvalue weighted by atomic mass is 9.75. The minimum absolute atomic E-state index is 0.0529. The molecule has 3 N–H and O–H groups in total. The van der Waals surface area contributed by atoms with Crippen LogP contribution in [-0.4, -0.2) is 46.7 Å². The molecule has 0 bridgehead atoms. The van der Waals surface area contributed by atoms with Gasteiger partial charge in [-0.3, -0.25) is 9.59 Å². The largest absolute Gasteiger partial charge is 0.396 e. The average Bonchev–Trinajstić information content (AvgIpc) is 2.65. The Morgan fingerprint density at radius 1 is 0.733 bits per heavy atom. The zero-order valence-corrected chi connectivity index (χ0v) is 19.7. The summed E-state index contributed by atoms with van der Waals surface area (Å²) in [7, 11) is 0. The summed E-state index contributed by atoms with van der Waals surface area (Å²) in [6.45, 7) is 14.3. The molecule has 0 atom stereocenters. The van der Waals surface area contributed by atoms with E-state index in [-0.39, 0.29) is 54.6 Å². The molecule has 1 fully saturated rings. The maximum Gasteiger partial charge on any atom is 0.140 e. The third-order valence-corrected chi connectivity index (χ3v) is 5.65. The van der Waals surface area contributed by atoms with Gasteiger partial charge in [-0.1, -0.05) is 66.7 Å². The molecule has 170 valence electrons. The molecule has 5 heteroatoms. The van der Waals surface area contributed by atoms with Gasteiger partial charge in [0, 0.05) is 18.3 Å². The third kappa shape index (κ3) is 7.60. The van der Waals surface area contributed by atoms with Gasteiger partial charge in [-0.2, -0.15) is 0 Å². The van der Waals surface area contributed by atoms with Crippen LogP contribution in [0, 0.1) is 5.41 Å². The lowest BCUT2D eigenvalue weighted by Gasteiger charge is -2.29. The Morgan fingerprint density at radius 3 is 1.37 bits per heavy atom. The number of hydrogen-bond acceptors (Lipinski definition) is 5. The minimum Gasteiger partial charge on any atom is -0.396 e. The molecule has 5 nitrogen and oxygen atoms in total. The van der Waals surface area contributed by atoms with Crippen molar-refractivity contribution in [2.45, 2.75) is 84.5 Å². The topological polar surface area (TPSA) is 94.8 Å². The van der Waals surface area contributed by atoms with Crippen molar-refractivity contribution in [3.8, 4) is 0 Å². The van der Waals surface area contributed by atoms with E-state index in [0.29, 0.717) is 12.8 Å². The highest BCUT2D eigenvalue weighted by atomic mass is 16.3. The van der Waals surface area contributed by atoms with Crippen molar-refractivity contribution in [1.29, 1.82) is 0 Å². The standard InChI is InChI=1S/C20H28O2.C5H12O3/c1-19(2,3)15-7-13(8-16(11-15)20(4,5)6)14-9-17(21)12-18(22)10-14;1-5(2-6,3-7)4-8/h7-8,11,14H,9-10,12H2,1-6H3;6-8H,2-4H2,1H3. The number of hydrogen-bond donors (Lipinski definition) is 3. The fraction of sp³-hybridized carbons (Fsp3) is 0.680. The molecule has 1 aromatic rings. The first-order chi connectivity index (χ1) is 13.6. The molecule has 0 radical (unpaired) electrons. The first kappa shape index (κ1) is 26.5. The minimum atomic E-state index is -0.708. The number of rotatable bonds is 4. The van der Waals surface area contributed by atoms with Gasteiger partial charge < -0.3 is 15.3 Å². The predicted octanol–water partition coefficient (Wildman–Crippen LogP) is 3.66. The van der Waals surface area contributed by atoms with E-state index in [9.17, 15) is 9.59 Å². The van der Waals surface area contributed by atoms with E-state index in [2.05, 4.69) is 59.7 Å². The first-order valence-corrected chi connectivity index (χ1v) is 10.7. The van der Waals surface area contributed by atoms with E-state index in [1.54, 1.807) is 6.92 Å². The van der Waals surface area contributed by atoms with Gasteiger partial charge in [-0.05, 0) is 33.4 Å². The molecule has 0 aliphatic heterocycles. The Kier molecular flexibility index (Phi) is 8.97. The third-order valence-electron chi connectivity index (χ3n) is 5.65. The monoisotopic (exact) mass is 420 g/mol. The summed E-state index contributed by atoms with van der Waals surface area (Å²) >= 11 is 0. The number of Topliss-reactive ketones (excluding diaryl/α,β-unsaturated/α-hetero) is 2. The van der Waals surface area contributed by atoms with E-state index in [4.69, 9.17) is 15.3 Å². The van der Waals surface area contributed by atoms with E-state index in [0.717, 1.165) is 5.56 Å². The molecule has 1 saturated carbocycles. The SMILES string of the molecule is CC(C)(C)c1cc(C2CC(=O)CC(=O)C2)cc(C(C)(C)C)c1.CC(CO)(CO)CO. The van der Waals surface area contributed by atoms with Crippen LogP contribution in [0.5, 0.6) is 0 Å². The Labute approximate surface area is 181 Å². The summed E-state index contributed by atoms with van der Waals surface area (Å²) in [6, 6.07) is 6.67. The molecule has 0 amide bonds. The zero-order valence-electron chi connectivity index (χ0n) is 19.7. The smallest absolute Gasteiger partial charge is 0.140 e. The molecule has 1 aliphatic carbocycles. The number of aliphatic hydroxyl groups is 3. The quantitative estimate of drug-likeness (QED) is 0.646. The van der Waals surface area contributed by atoms with Crippen LogP contribution in [-0.2, 0) is 20.4 Å². The number of carbonyl (C=O) groups excluding carboxylic acids is 2. The molecule has 0 heterocycles. The van der Waals surface area contributed by atoms with Crippen molar-refractivity contribution in [3.05, 3.63) is 34.9 Å². The molecule has 2 rings (SSSR count). The summed E-state index contributed by atoms with van der Waals surface area (Å²) in [6.07, 6.45) is 1.13. The number of aliphatic hydroxyl groups excluding tert-OH is 3. The van der Waals surface area contributed by atoms with E-state index < -0.39 is 5.41 Å². The Morgan fingerprint density at radius 2 is 1.10 bits per heavy atom. The fourth-order valence-corrected chi connectivity index (χ4v) is 3.13. The molecule has 30 heavy (non-hydrogen) atoms. The highest BCUT2D eigenvalue weighted by molar-refractivity contribution is 6.02. The average molecular weight is 421 g/mol. The lowest BCUT2D eigenvalue weighted by molar-refractivity contribution is -0.130. The first-order valence-electron chi connectivity index (χ1n) is 10.7. The normalized spacial score (nSPS) is 16.3. The van der Waals surface area contributed by atoms with Gasteiger partial charge in [0.1, 0.15) is 11.6 Å². The maximum absolute atomic E-state index is 11.8. The summed E-state index contributed by atoms with van der Waals surface area (Å²) in [4.78, 5) is 23.6. The Bertz CT molecular complexity index is 676.